The number of piperazine rings is 1. The number of imidazole rings is 1. The van der Waals surface area contributed by atoms with Crippen molar-refractivity contribution >= 4 is 22.6 Å². The van der Waals surface area contributed by atoms with Crippen LogP contribution in [-0.2, 0) is 13.0 Å². The van der Waals surface area contributed by atoms with Crippen LogP contribution in [0, 0.1) is 0 Å². The van der Waals surface area contributed by atoms with Gasteiger partial charge < -0.3 is 9.47 Å². The van der Waals surface area contributed by atoms with E-state index in [-0.39, 0.29) is 0 Å². The second-order valence-corrected chi connectivity index (χ2v) is 10.9. The van der Waals surface area contributed by atoms with Crippen molar-refractivity contribution in [1.29, 1.82) is 0 Å². The average Bonchev–Trinajstić information content (AvgIpc) is 3.31. The average molecular weight is 535 g/mol. The Kier molecular flexibility index (Phi) is 8.05. The molecule has 1 fully saturated rings. The smallest absolute Gasteiger partial charge is 0.114 e. The van der Waals surface area contributed by atoms with Crippen molar-refractivity contribution in [3.8, 4) is 0 Å². The summed E-state index contributed by atoms with van der Waals surface area (Å²) in [5.74, 6) is 1.11. The van der Waals surface area contributed by atoms with Crippen molar-refractivity contribution in [2.45, 2.75) is 25.4 Å². The van der Waals surface area contributed by atoms with Crippen LogP contribution in [0.4, 0.5) is 0 Å². The zero-order valence-corrected chi connectivity index (χ0v) is 23.0. The van der Waals surface area contributed by atoms with Crippen LogP contribution in [0.5, 0.6) is 0 Å². The fourth-order valence-electron chi connectivity index (χ4n) is 5.90. The van der Waals surface area contributed by atoms with E-state index in [0.29, 0.717) is 6.04 Å². The first kappa shape index (κ1) is 25.8. The zero-order chi connectivity index (χ0) is 26.4. The molecule has 1 aliphatic heterocycles. The molecule has 0 atom stereocenters. The number of aromatic nitrogens is 2. The second-order valence-electron chi connectivity index (χ2n) is 10.4. The van der Waals surface area contributed by atoms with Crippen LogP contribution in [0.3, 0.4) is 0 Å². The van der Waals surface area contributed by atoms with E-state index in [0.717, 1.165) is 68.5 Å². The Labute approximate surface area is 236 Å². The predicted octanol–water partition coefficient (Wildman–Crippen LogP) is 7.08. The van der Waals surface area contributed by atoms with E-state index in [1.54, 1.807) is 0 Å². The fourth-order valence-corrected chi connectivity index (χ4v) is 6.06. The van der Waals surface area contributed by atoms with Crippen LogP contribution in [0.1, 0.15) is 35.0 Å². The van der Waals surface area contributed by atoms with E-state index in [4.69, 9.17) is 16.6 Å². The molecule has 0 spiro atoms. The lowest BCUT2D eigenvalue weighted by molar-refractivity contribution is 0.108. The van der Waals surface area contributed by atoms with Gasteiger partial charge in [-0.2, -0.15) is 0 Å². The van der Waals surface area contributed by atoms with Crippen molar-refractivity contribution < 1.29 is 0 Å². The second kappa shape index (κ2) is 12.2. The van der Waals surface area contributed by atoms with Gasteiger partial charge in [0, 0.05) is 44.2 Å². The Morgan fingerprint density at radius 3 is 1.95 bits per heavy atom. The third kappa shape index (κ3) is 6.09. The number of aryl methyl sites for hydroxylation is 1. The SMILES string of the molecule is Clc1ccc2c(c1)nc(Cc1ccccc1)n2CCCN1CCN(C(c2ccccc2)c2ccccc2)CC1. The van der Waals surface area contributed by atoms with Crippen LogP contribution in [-0.4, -0.2) is 52.1 Å². The molecule has 198 valence electrons. The van der Waals surface area contributed by atoms with Gasteiger partial charge in [-0.25, -0.2) is 4.98 Å². The van der Waals surface area contributed by atoms with E-state index < -0.39 is 0 Å². The van der Waals surface area contributed by atoms with Crippen LogP contribution in [0.2, 0.25) is 5.02 Å². The summed E-state index contributed by atoms with van der Waals surface area (Å²) in [6.45, 7) is 6.37. The molecule has 1 aromatic heterocycles. The Balaban J connectivity index is 1.11. The first-order chi connectivity index (χ1) is 19.2. The maximum absolute atomic E-state index is 6.30. The maximum Gasteiger partial charge on any atom is 0.114 e. The molecule has 5 aromatic rings. The van der Waals surface area contributed by atoms with Gasteiger partial charge in [-0.1, -0.05) is 103 Å². The Hall–Kier alpha value is -3.44. The number of benzene rings is 4. The summed E-state index contributed by atoms with van der Waals surface area (Å²) in [4.78, 5) is 10.2. The van der Waals surface area contributed by atoms with Gasteiger partial charge >= 0.3 is 0 Å². The van der Waals surface area contributed by atoms with Gasteiger partial charge in [-0.05, 0) is 47.9 Å². The molecule has 2 heterocycles. The summed E-state index contributed by atoms with van der Waals surface area (Å²) in [6.07, 6.45) is 1.92. The number of nitrogens with zero attached hydrogens (tertiary/aromatic N) is 4. The maximum atomic E-state index is 6.30. The molecule has 1 saturated heterocycles. The summed E-state index contributed by atoms with van der Waals surface area (Å²) in [6, 6.07) is 38.9. The molecule has 0 aliphatic carbocycles. The first-order valence-electron chi connectivity index (χ1n) is 14.0. The Bertz CT molecular complexity index is 1440. The number of halogens is 1. The highest BCUT2D eigenvalue weighted by Gasteiger charge is 2.26. The highest BCUT2D eigenvalue weighted by molar-refractivity contribution is 6.31. The minimum Gasteiger partial charge on any atom is -0.328 e. The number of rotatable bonds is 9. The molecular weight excluding hydrogens is 500 g/mol. The molecular formula is C34H35ClN4. The monoisotopic (exact) mass is 534 g/mol. The van der Waals surface area contributed by atoms with E-state index >= 15 is 0 Å². The van der Waals surface area contributed by atoms with Crippen molar-refractivity contribution in [3.05, 3.63) is 137 Å². The molecule has 0 radical (unpaired) electrons. The summed E-state index contributed by atoms with van der Waals surface area (Å²) in [5.41, 5.74) is 6.17. The van der Waals surface area contributed by atoms with Crippen molar-refractivity contribution in [2.24, 2.45) is 0 Å². The van der Waals surface area contributed by atoms with Crippen molar-refractivity contribution in [3.63, 3.8) is 0 Å². The number of hydrogen-bond acceptors (Lipinski definition) is 3. The molecule has 39 heavy (non-hydrogen) atoms. The first-order valence-corrected chi connectivity index (χ1v) is 14.4. The van der Waals surface area contributed by atoms with E-state index in [1.807, 2.05) is 12.1 Å². The van der Waals surface area contributed by atoms with Crippen molar-refractivity contribution in [1.82, 2.24) is 19.4 Å². The largest absolute Gasteiger partial charge is 0.328 e. The molecule has 0 unspecified atom stereocenters. The number of fused-ring (bicyclic) bond motifs is 1. The molecule has 0 saturated carbocycles. The van der Waals surface area contributed by atoms with Gasteiger partial charge in [0.15, 0.2) is 0 Å². The highest BCUT2D eigenvalue weighted by Crippen LogP contribution is 2.29. The van der Waals surface area contributed by atoms with Crippen LogP contribution in [0.25, 0.3) is 11.0 Å². The molecule has 0 bridgehead atoms. The number of hydrogen-bond donors (Lipinski definition) is 0. The van der Waals surface area contributed by atoms with Gasteiger partial charge in [0.2, 0.25) is 0 Å². The van der Waals surface area contributed by atoms with E-state index in [9.17, 15) is 0 Å². The topological polar surface area (TPSA) is 24.3 Å². The third-order valence-corrected chi connectivity index (χ3v) is 8.09. The molecule has 6 rings (SSSR count). The fraction of sp³-hybridized carbons (Fsp3) is 0.265. The van der Waals surface area contributed by atoms with Crippen LogP contribution in [0.15, 0.2) is 109 Å². The normalized spacial score (nSPS) is 14.8. The molecule has 0 N–H and O–H groups in total. The lowest BCUT2D eigenvalue weighted by Crippen LogP contribution is -2.48. The van der Waals surface area contributed by atoms with Gasteiger partial charge in [0.25, 0.3) is 0 Å². The van der Waals surface area contributed by atoms with Gasteiger partial charge in [0.1, 0.15) is 5.82 Å². The van der Waals surface area contributed by atoms with Crippen molar-refractivity contribution in [2.75, 3.05) is 32.7 Å². The summed E-state index contributed by atoms with van der Waals surface area (Å²) in [7, 11) is 0. The summed E-state index contributed by atoms with van der Waals surface area (Å²) < 4.78 is 2.40. The highest BCUT2D eigenvalue weighted by atomic mass is 35.5. The molecule has 1 aliphatic rings. The van der Waals surface area contributed by atoms with Crippen LogP contribution >= 0.6 is 11.6 Å². The minimum atomic E-state index is 0.305. The Morgan fingerprint density at radius 2 is 1.31 bits per heavy atom. The van der Waals surface area contributed by atoms with E-state index in [2.05, 4.69) is 111 Å². The molecule has 4 aromatic carbocycles. The van der Waals surface area contributed by atoms with Gasteiger partial charge in [-0.15, -0.1) is 0 Å². The predicted molar refractivity (Wildman–Crippen MR) is 161 cm³/mol. The third-order valence-electron chi connectivity index (χ3n) is 7.85. The quantitative estimate of drug-likeness (QED) is 0.202. The lowest BCUT2D eigenvalue weighted by atomic mass is 9.96. The Morgan fingerprint density at radius 1 is 0.692 bits per heavy atom. The summed E-state index contributed by atoms with van der Waals surface area (Å²) in [5, 5.41) is 0.737. The molecule has 5 heteroatoms. The summed E-state index contributed by atoms with van der Waals surface area (Å²) >= 11 is 6.30. The lowest BCUT2D eigenvalue weighted by Gasteiger charge is -2.40. The standard InChI is InChI=1S/C34H35ClN4/c35-30-17-18-32-31(26-30)36-33(25-27-11-4-1-5-12-27)39(32)20-10-19-37-21-23-38(24-22-37)34(28-13-6-2-7-14-28)29-15-8-3-9-16-29/h1-9,11-18,26,34H,10,19-25H2. The van der Waals surface area contributed by atoms with Gasteiger partial charge in [0.05, 0.1) is 17.1 Å². The molecule has 0 amide bonds. The molecule has 4 nitrogen and oxygen atoms in total. The van der Waals surface area contributed by atoms with E-state index in [1.165, 1.54) is 22.2 Å². The minimum absolute atomic E-state index is 0.305. The van der Waals surface area contributed by atoms with Gasteiger partial charge in [-0.3, -0.25) is 4.90 Å². The zero-order valence-electron chi connectivity index (χ0n) is 22.3. The van der Waals surface area contributed by atoms with Crippen LogP contribution < -0.4 is 0 Å².